The van der Waals surface area contributed by atoms with E-state index in [1.54, 1.807) is 7.11 Å². The quantitative estimate of drug-likeness (QED) is 0.700. The van der Waals surface area contributed by atoms with E-state index in [1.165, 1.54) is 11.1 Å². The van der Waals surface area contributed by atoms with E-state index in [-0.39, 0.29) is 0 Å². The van der Waals surface area contributed by atoms with Crippen LogP contribution in [-0.4, -0.2) is 72.3 Å². The maximum absolute atomic E-state index is 9.55. The standard InChI is InChI=1S/C20H24N2O2.C4H4O4/c1-21-9-11-22(12-10-21)18-13-15-5-3-4-6-19(15)24-20-8-7-16(23-2)14-17(18)20;5-3(6)1-2-4(7)8/h3-8,14,18H,9-13H2,1-2H3;1-2H,(H,5,6)(H,7,8)/b;2-1-. The number of carboxylic acid groups (broad SMARTS) is 2. The molecular weight excluding hydrogens is 412 g/mol. The Bertz CT molecular complexity index is 966. The van der Waals surface area contributed by atoms with Crippen LogP contribution in [0.25, 0.3) is 0 Å². The predicted molar refractivity (Wildman–Crippen MR) is 119 cm³/mol. The van der Waals surface area contributed by atoms with Gasteiger partial charge in [0.2, 0.25) is 0 Å². The summed E-state index contributed by atoms with van der Waals surface area (Å²) in [5, 5.41) is 15.6. The number of rotatable bonds is 4. The number of aliphatic carboxylic acids is 2. The van der Waals surface area contributed by atoms with Crippen LogP contribution in [0.2, 0.25) is 0 Å². The number of hydrogen-bond acceptors (Lipinski definition) is 6. The summed E-state index contributed by atoms with van der Waals surface area (Å²) in [7, 11) is 3.92. The first-order valence-corrected chi connectivity index (χ1v) is 10.4. The predicted octanol–water partition coefficient (Wildman–Crippen LogP) is 3.04. The lowest BCUT2D eigenvalue weighted by atomic mass is 9.96. The number of methoxy groups -OCH3 is 1. The Morgan fingerprint density at radius 3 is 2.28 bits per heavy atom. The first-order valence-electron chi connectivity index (χ1n) is 10.4. The summed E-state index contributed by atoms with van der Waals surface area (Å²) < 4.78 is 11.7. The van der Waals surface area contributed by atoms with Crippen LogP contribution in [0.3, 0.4) is 0 Å². The fourth-order valence-corrected chi connectivity index (χ4v) is 3.82. The molecule has 8 heteroatoms. The minimum absolute atomic E-state index is 0.326. The maximum Gasteiger partial charge on any atom is 0.328 e. The second kappa shape index (κ2) is 10.8. The van der Waals surface area contributed by atoms with E-state index >= 15 is 0 Å². The third-order valence-corrected chi connectivity index (χ3v) is 5.53. The highest BCUT2D eigenvalue weighted by Crippen LogP contribution is 2.42. The summed E-state index contributed by atoms with van der Waals surface area (Å²) >= 11 is 0. The van der Waals surface area contributed by atoms with Crippen molar-refractivity contribution in [2.45, 2.75) is 12.5 Å². The summed E-state index contributed by atoms with van der Waals surface area (Å²) in [4.78, 5) is 24.1. The van der Waals surface area contributed by atoms with Crippen molar-refractivity contribution in [3.05, 3.63) is 65.7 Å². The molecular formula is C24H28N2O6. The Kier molecular flexibility index (Phi) is 7.86. The molecule has 2 N–H and O–H groups in total. The smallest absolute Gasteiger partial charge is 0.328 e. The minimum atomic E-state index is -1.26. The number of carboxylic acids is 2. The zero-order chi connectivity index (χ0) is 23.1. The van der Waals surface area contributed by atoms with Gasteiger partial charge in [0.05, 0.1) is 7.11 Å². The molecule has 4 rings (SSSR count). The van der Waals surface area contributed by atoms with E-state index in [0.717, 1.165) is 49.8 Å². The van der Waals surface area contributed by atoms with Crippen molar-refractivity contribution in [3.8, 4) is 17.2 Å². The third-order valence-electron chi connectivity index (χ3n) is 5.53. The number of carbonyl (C=O) groups is 2. The summed E-state index contributed by atoms with van der Waals surface area (Å²) in [5.41, 5.74) is 2.51. The van der Waals surface area contributed by atoms with Crippen LogP contribution < -0.4 is 9.47 Å². The van der Waals surface area contributed by atoms with E-state index in [4.69, 9.17) is 19.7 Å². The monoisotopic (exact) mass is 440 g/mol. The fraction of sp³-hybridized carbons (Fsp3) is 0.333. The van der Waals surface area contributed by atoms with Gasteiger partial charge in [0, 0.05) is 49.9 Å². The van der Waals surface area contributed by atoms with Crippen LogP contribution >= 0.6 is 0 Å². The summed E-state index contributed by atoms with van der Waals surface area (Å²) in [6.07, 6.45) is 2.09. The van der Waals surface area contributed by atoms with E-state index in [2.05, 4.69) is 41.1 Å². The normalized spacial score (nSPS) is 18.4. The van der Waals surface area contributed by atoms with Crippen molar-refractivity contribution < 1.29 is 29.3 Å². The Morgan fingerprint density at radius 2 is 1.66 bits per heavy atom. The average Bonchev–Trinajstić information content (AvgIpc) is 2.95. The zero-order valence-corrected chi connectivity index (χ0v) is 18.2. The van der Waals surface area contributed by atoms with Crippen molar-refractivity contribution in [3.63, 3.8) is 0 Å². The number of para-hydroxylation sites is 1. The largest absolute Gasteiger partial charge is 0.497 e. The molecule has 8 nitrogen and oxygen atoms in total. The summed E-state index contributed by atoms with van der Waals surface area (Å²) in [6.45, 7) is 4.39. The van der Waals surface area contributed by atoms with Crippen molar-refractivity contribution in [2.75, 3.05) is 40.3 Å². The molecule has 1 unspecified atom stereocenters. The van der Waals surface area contributed by atoms with E-state index in [0.29, 0.717) is 18.2 Å². The Labute approximate surface area is 187 Å². The summed E-state index contributed by atoms with van der Waals surface area (Å²) in [6, 6.07) is 14.9. The van der Waals surface area contributed by atoms with Gasteiger partial charge in [-0.05, 0) is 43.3 Å². The number of benzene rings is 2. The Balaban J connectivity index is 0.000000312. The molecule has 2 heterocycles. The van der Waals surface area contributed by atoms with E-state index < -0.39 is 11.9 Å². The molecule has 2 aromatic carbocycles. The highest BCUT2D eigenvalue weighted by atomic mass is 16.5. The number of ether oxygens (including phenoxy) is 2. The molecule has 32 heavy (non-hydrogen) atoms. The van der Waals surface area contributed by atoms with E-state index in [1.807, 2.05) is 18.2 Å². The first-order chi connectivity index (χ1) is 15.4. The number of likely N-dealkylation sites (N-methyl/N-ethyl adjacent to an activating group) is 1. The molecule has 0 saturated carbocycles. The molecule has 1 atom stereocenters. The molecule has 1 saturated heterocycles. The van der Waals surface area contributed by atoms with Crippen LogP contribution in [-0.2, 0) is 16.0 Å². The highest BCUT2D eigenvalue weighted by Gasteiger charge is 2.30. The maximum atomic E-state index is 9.55. The molecule has 0 bridgehead atoms. The number of piperazine rings is 1. The van der Waals surface area contributed by atoms with Gasteiger partial charge in [-0.25, -0.2) is 9.59 Å². The van der Waals surface area contributed by atoms with Crippen LogP contribution in [0.1, 0.15) is 17.2 Å². The van der Waals surface area contributed by atoms with Gasteiger partial charge in [-0.1, -0.05) is 18.2 Å². The second-order valence-corrected chi connectivity index (χ2v) is 7.68. The third kappa shape index (κ3) is 6.09. The van der Waals surface area contributed by atoms with Crippen molar-refractivity contribution in [2.24, 2.45) is 0 Å². The molecule has 170 valence electrons. The molecule has 0 aliphatic carbocycles. The van der Waals surface area contributed by atoms with Crippen LogP contribution in [0.4, 0.5) is 0 Å². The van der Waals surface area contributed by atoms with Gasteiger partial charge in [0.1, 0.15) is 17.2 Å². The molecule has 2 aliphatic heterocycles. The van der Waals surface area contributed by atoms with Gasteiger partial charge in [-0.3, -0.25) is 4.90 Å². The first kappa shape index (κ1) is 23.3. The van der Waals surface area contributed by atoms with Crippen LogP contribution in [0.15, 0.2) is 54.6 Å². The molecule has 0 radical (unpaired) electrons. The van der Waals surface area contributed by atoms with Gasteiger partial charge in [0.25, 0.3) is 0 Å². The fourth-order valence-electron chi connectivity index (χ4n) is 3.82. The molecule has 0 amide bonds. The molecule has 0 spiro atoms. The lowest BCUT2D eigenvalue weighted by molar-refractivity contribution is -0.134. The van der Waals surface area contributed by atoms with Gasteiger partial charge < -0.3 is 24.6 Å². The van der Waals surface area contributed by atoms with Crippen LogP contribution in [0, 0.1) is 0 Å². The summed E-state index contributed by atoms with van der Waals surface area (Å²) in [5.74, 6) is 0.299. The zero-order valence-electron chi connectivity index (χ0n) is 18.2. The van der Waals surface area contributed by atoms with Crippen molar-refractivity contribution in [1.29, 1.82) is 0 Å². The topological polar surface area (TPSA) is 99.5 Å². The van der Waals surface area contributed by atoms with Crippen molar-refractivity contribution >= 4 is 11.9 Å². The van der Waals surface area contributed by atoms with Crippen LogP contribution in [0.5, 0.6) is 17.2 Å². The van der Waals surface area contributed by atoms with Gasteiger partial charge >= 0.3 is 11.9 Å². The highest BCUT2D eigenvalue weighted by molar-refractivity contribution is 5.89. The molecule has 0 aromatic heterocycles. The second-order valence-electron chi connectivity index (χ2n) is 7.68. The lowest BCUT2D eigenvalue weighted by Gasteiger charge is -2.38. The minimum Gasteiger partial charge on any atom is -0.497 e. The number of hydrogen-bond donors (Lipinski definition) is 2. The molecule has 2 aromatic rings. The number of fused-ring (bicyclic) bond motifs is 2. The van der Waals surface area contributed by atoms with Gasteiger partial charge in [-0.15, -0.1) is 0 Å². The Hall–Kier alpha value is -3.36. The van der Waals surface area contributed by atoms with Gasteiger partial charge in [-0.2, -0.15) is 0 Å². The molecule has 2 aliphatic rings. The van der Waals surface area contributed by atoms with Crippen molar-refractivity contribution in [1.82, 2.24) is 9.80 Å². The SMILES string of the molecule is COc1ccc2c(c1)C(N1CCN(C)CC1)Cc1ccccc1O2.O=C(O)/C=C\C(=O)O. The molecule has 1 fully saturated rings. The Morgan fingerprint density at radius 1 is 1.00 bits per heavy atom. The number of nitrogens with zero attached hydrogens (tertiary/aromatic N) is 2. The average molecular weight is 440 g/mol. The van der Waals surface area contributed by atoms with Gasteiger partial charge in [0.15, 0.2) is 0 Å². The lowest BCUT2D eigenvalue weighted by Crippen LogP contribution is -2.46. The van der Waals surface area contributed by atoms with E-state index in [9.17, 15) is 9.59 Å².